The van der Waals surface area contributed by atoms with Crippen molar-refractivity contribution < 1.29 is 9.59 Å². The highest BCUT2D eigenvalue weighted by atomic mass is 16.1. The number of nitrogens with zero attached hydrogens (tertiary/aromatic N) is 3. The van der Waals surface area contributed by atoms with Crippen molar-refractivity contribution in [3.63, 3.8) is 0 Å². The van der Waals surface area contributed by atoms with Crippen LogP contribution >= 0.6 is 0 Å². The Balaban J connectivity index is 1.62. The third-order valence-electron chi connectivity index (χ3n) is 5.46. The number of carbonyl (C=O) groups is 2. The summed E-state index contributed by atoms with van der Waals surface area (Å²) in [6, 6.07) is 14.9. The number of ketones is 1. The molecule has 0 unspecified atom stereocenters. The van der Waals surface area contributed by atoms with E-state index in [2.05, 4.69) is 42.3 Å². The fourth-order valence-electron chi connectivity index (χ4n) is 3.48. The number of anilines is 2. The molecule has 1 heterocycles. The van der Waals surface area contributed by atoms with Gasteiger partial charge in [0.2, 0.25) is 0 Å². The molecular formula is C24H26N4O2. The lowest BCUT2D eigenvalue weighted by atomic mass is 10.1. The van der Waals surface area contributed by atoms with Gasteiger partial charge in [-0.1, -0.05) is 12.1 Å². The largest absolute Gasteiger partial charge is 0.373 e. The summed E-state index contributed by atoms with van der Waals surface area (Å²) in [7, 11) is 0. The predicted octanol–water partition coefficient (Wildman–Crippen LogP) is 3.67. The summed E-state index contributed by atoms with van der Waals surface area (Å²) >= 11 is 0. The number of amides is 1. The maximum absolute atomic E-state index is 12.5. The van der Waals surface area contributed by atoms with E-state index in [0.29, 0.717) is 11.3 Å². The molecule has 1 N–H and O–H groups in total. The Labute approximate surface area is 177 Å². The van der Waals surface area contributed by atoms with Crippen molar-refractivity contribution in [1.29, 1.82) is 5.26 Å². The fourth-order valence-corrected chi connectivity index (χ4v) is 3.48. The van der Waals surface area contributed by atoms with Gasteiger partial charge < -0.3 is 15.1 Å². The molecule has 1 amide bonds. The van der Waals surface area contributed by atoms with Crippen LogP contribution in [0.3, 0.4) is 0 Å². The normalized spacial score (nSPS) is 14.3. The highest BCUT2D eigenvalue weighted by Crippen LogP contribution is 2.24. The lowest BCUT2D eigenvalue weighted by Crippen LogP contribution is -2.44. The van der Waals surface area contributed by atoms with Gasteiger partial charge in [-0.25, -0.2) is 0 Å². The predicted molar refractivity (Wildman–Crippen MR) is 118 cm³/mol. The van der Waals surface area contributed by atoms with Crippen LogP contribution < -0.4 is 10.2 Å². The molecule has 2 aromatic rings. The summed E-state index contributed by atoms with van der Waals surface area (Å²) in [6.45, 7) is 8.87. The minimum absolute atomic E-state index is 0.0366. The van der Waals surface area contributed by atoms with E-state index >= 15 is 0 Å². The van der Waals surface area contributed by atoms with Crippen LogP contribution in [0.4, 0.5) is 11.4 Å². The number of carbonyl (C=O) groups excluding carboxylic acids is 2. The Hall–Kier alpha value is -3.59. The SMILES string of the molecule is CC(=O)c1ccc(NC(=O)/C(C#N)=C\N2CCN(c3cccc(C)c3C)CC2)cc1. The lowest BCUT2D eigenvalue weighted by molar-refractivity contribution is -0.112. The number of hydrogen-bond acceptors (Lipinski definition) is 5. The van der Waals surface area contributed by atoms with Crippen LogP contribution in [0.2, 0.25) is 0 Å². The van der Waals surface area contributed by atoms with E-state index in [4.69, 9.17) is 0 Å². The zero-order chi connectivity index (χ0) is 21.7. The van der Waals surface area contributed by atoms with Crippen molar-refractivity contribution in [3.05, 3.63) is 70.9 Å². The van der Waals surface area contributed by atoms with Gasteiger partial charge in [-0.3, -0.25) is 9.59 Å². The minimum Gasteiger partial charge on any atom is -0.373 e. The summed E-state index contributed by atoms with van der Waals surface area (Å²) in [5.74, 6) is -0.490. The Morgan fingerprint density at radius 3 is 2.30 bits per heavy atom. The number of nitrogens with one attached hydrogen (secondary N) is 1. The quantitative estimate of drug-likeness (QED) is 0.469. The number of piperazine rings is 1. The third kappa shape index (κ3) is 4.87. The maximum atomic E-state index is 12.5. The second kappa shape index (κ2) is 9.27. The summed E-state index contributed by atoms with van der Waals surface area (Å²) in [6.07, 6.45) is 1.64. The van der Waals surface area contributed by atoms with Crippen LogP contribution in [0, 0.1) is 25.2 Å². The molecule has 2 aromatic carbocycles. The number of nitriles is 1. The first kappa shape index (κ1) is 21.1. The van der Waals surface area contributed by atoms with Crippen LogP contribution in [-0.2, 0) is 4.79 Å². The monoisotopic (exact) mass is 402 g/mol. The van der Waals surface area contributed by atoms with Gasteiger partial charge in [0.1, 0.15) is 11.6 Å². The molecule has 154 valence electrons. The molecule has 6 heteroatoms. The van der Waals surface area contributed by atoms with E-state index in [0.717, 1.165) is 26.2 Å². The molecule has 30 heavy (non-hydrogen) atoms. The van der Waals surface area contributed by atoms with Crippen molar-refractivity contribution >= 4 is 23.1 Å². The summed E-state index contributed by atoms with van der Waals surface area (Å²) in [5, 5.41) is 12.2. The molecule has 1 fully saturated rings. The van der Waals surface area contributed by atoms with Gasteiger partial charge in [-0.15, -0.1) is 0 Å². The van der Waals surface area contributed by atoms with Crippen LogP contribution in [0.1, 0.15) is 28.4 Å². The van der Waals surface area contributed by atoms with Crippen molar-refractivity contribution in [2.75, 3.05) is 36.4 Å². The van der Waals surface area contributed by atoms with Crippen LogP contribution in [0.5, 0.6) is 0 Å². The second-order valence-electron chi connectivity index (χ2n) is 7.48. The topological polar surface area (TPSA) is 76.4 Å². The molecular weight excluding hydrogens is 376 g/mol. The van der Waals surface area contributed by atoms with E-state index in [1.807, 2.05) is 11.0 Å². The Kier molecular flexibility index (Phi) is 6.53. The molecule has 6 nitrogen and oxygen atoms in total. The van der Waals surface area contributed by atoms with E-state index in [-0.39, 0.29) is 11.4 Å². The molecule has 0 aromatic heterocycles. The standard InChI is InChI=1S/C24H26N4O2/c1-17-5-4-6-23(18(17)2)28-13-11-27(12-14-28)16-21(15-25)24(30)26-22-9-7-20(8-10-22)19(3)29/h4-10,16H,11-14H2,1-3H3,(H,26,30)/b21-16-. The molecule has 1 saturated heterocycles. The van der Waals surface area contributed by atoms with E-state index in [1.54, 1.807) is 30.5 Å². The molecule has 0 aliphatic carbocycles. The Morgan fingerprint density at radius 1 is 1.03 bits per heavy atom. The Morgan fingerprint density at radius 2 is 1.70 bits per heavy atom. The van der Waals surface area contributed by atoms with Crippen molar-refractivity contribution in [3.8, 4) is 6.07 Å². The van der Waals surface area contributed by atoms with Gasteiger partial charge in [0.15, 0.2) is 5.78 Å². The van der Waals surface area contributed by atoms with Gasteiger partial charge >= 0.3 is 0 Å². The van der Waals surface area contributed by atoms with Gasteiger partial charge in [-0.2, -0.15) is 5.26 Å². The van der Waals surface area contributed by atoms with Crippen molar-refractivity contribution in [2.45, 2.75) is 20.8 Å². The number of hydrogen-bond donors (Lipinski definition) is 1. The lowest BCUT2D eigenvalue weighted by Gasteiger charge is -2.36. The molecule has 0 spiro atoms. The first-order valence-electron chi connectivity index (χ1n) is 9.98. The Bertz CT molecular complexity index is 1010. The summed E-state index contributed by atoms with van der Waals surface area (Å²) in [5.41, 5.74) is 4.98. The fraction of sp³-hybridized carbons (Fsp3) is 0.292. The average molecular weight is 402 g/mol. The zero-order valence-corrected chi connectivity index (χ0v) is 17.6. The van der Waals surface area contributed by atoms with Crippen LogP contribution in [0.15, 0.2) is 54.2 Å². The molecule has 0 radical (unpaired) electrons. The van der Waals surface area contributed by atoms with Crippen molar-refractivity contribution in [1.82, 2.24) is 4.90 Å². The van der Waals surface area contributed by atoms with E-state index in [1.165, 1.54) is 23.7 Å². The first-order valence-corrected chi connectivity index (χ1v) is 9.98. The molecule has 1 aliphatic heterocycles. The first-order chi connectivity index (χ1) is 14.4. The van der Waals surface area contributed by atoms with E-state index < -0.39 is 5.91 Å². The molecule has 3 rings (SSSR count). The summed E-state index contributed by atoms with van der Waals surface area (Å²) in [4.78, 5) is 28.2. The maximum Gasteiger partial charge on any atom is 0.267 e. The van der Waals surface area contributed by atoms with E-state index in [9.17, 15) is 14.9 Å². The number of aryl methyl sites for hydroxylation is 1. The highest BCUT2D eigenvalue weighted by molar-refractivity contribution is 6.06. The molecule has 1 aliphatic rings. The highest BCUT2D eigenvalue weighted by Gasteiger charge is 2.19. The zero-order valence-electron chi connectivity index (χ0n) is 17.6. The van der Waals surface area contributed by atoms with Gasteiger partial charge in [-0.05, 0) is 62.2 Å². The van der Waals surface area contributed by atoms with Gasteiger partial charge in [0.05, 0.1) is 0 Å². The summed E-state index contributed by atoms with van der Waals surface area (Å²) < 4.78 is 0. The third-order valence-corrected chi connectivity index (χ3v) is 5.46. The minimum atomic E-state index is -0.454. The molecule has 0 bridgehead atoms. The smallest absolute Gasteiger partial charge is 0.267 e. The molecule has 0 atom stereocenters. The van der Waals surface area contributed by atoms with Crippen LogP contribution in [-0.4, -0.2) is 42.8 Å². The van der Waals surface area contributed by atoms with Crippen molar-refractivity contribution in [2.24, 2.45) is 0 Å². The average Bonchev–Trinajstić information content (AvgIpc) is 2.75. The van der Waals surface area contributed by atoms with Crippen LogP contribution in [0.25, 0.3) is 0 Å². The number of Topliss-reactive ketones (excluding diaryl/α,β-unsaturated/α-hetero) is 1. The number of rotatable bonds is 5. The molecule has 0 saturated carbocycles. The number of benzene rings is 2. The van der Waals surface area contributed by atoms with Gasteiger partial charge in [0.25, 0.3) is 5.91 Å². The van der Waals surface area contributed by atoms with Gasteiger partial charge in [0, 0.05) is 49.3 Å². The second-order valence-corrected chi connectivity index (χ2v) is 7.48.